The first kappa shape index (κ1) is 16.2. The Labute approximate surface area is 134 Å². The lowest BCUT2D eigenvalue weighted by Crippen LogP contribution is -2.29. The Bertz CT molecular complexity index is 652. The molecule has 0 bridgehead atoms. The molecular weight excluding hydrogens is 304 g/mol. The second kappa shape index (κ2) is 7.18. The number of benzene rings is 2. The summed E-state index contributed by atoms with van der Waals surface area (Å²) in [6.07, 6.45) is -0.737. The number of carbonyl (C=O) groups is 1. The van der Waals surface area contributed by atoms with E-state index in [1.807, 2.05) is 13.0 Å². The molecule has 4 nitrogen and oxygen atoms in total. The summed E-state index contributed by atoms with van der Waals surface area (Å²) in [5.41, 5.74) is 1.84. The third kappa shape index (κ3) is 4.15. The number of aryl methyl sites for hydroxylation is 1. The topological polar surface area (TPSA) is 55.8 Å². The molecule has 22 heavy (non-hydrogen) atoms. The van der Waals surface area contributed by atoms with Crippen molar-refractivity contribution in [2.24, 2.45) is 0 Å². The number of hydrogen-bond acceptors (Lipinski definition) is 3. The van der Waals surface area contributed by atoms with Crippen molar-refractivity contribution in [2.75, 3.05) is 7.11 Å². The molecule has 116 valence electrons. The molecule has 0 aliphatic heterocycles. The van der Waals surface area contributed by atoms with Gasteiger partial charge in [-0.15, -0.1) is 0 Å². The van der Waals surface area contributed by atoms with E-state index in [9.17, 15) is 9.90 Å². The molecule has 0 aliphatic carbocycles. The monoisotopic (exact) mass is 320 g/mol. The van der Waals surface area contributed by atoms with Crippen LogP contribution in [0.4, 0.5) is 0 Å². The molecule has 1 N–H and O–H groups in total. The predicted molar refractivity (Wildman–Crippen MR) is 84.9 cm³/mol. The fraction of sp³-hybridized carbons (Fsp3) is 0.235. The van der Waals surface area contributed by atoms with Gasteiger partial charge in [-0.3, -0.25) is 0 Å². The number of aliphatic carboxylic acids is 1. The van der Waals surface area contributed by atoms with Gasteiger partial charge in [0.2, 0.25) is 0 Å². The Morgan fingerprint density at radius 3 is 2.41 bits per heavy atom. The molecule has 0 unspecified atom stereocenters. The maximum absolute atomic E-state index is 11.4. The van der Waals surface area contributed by atoms with Crippen LogP contribution in [-0.2, 0) is 11.2 Å². The largest absolute Gasteiger partial charge is 0.497 e. The molecule has 0 fully saturated rings. The number of rotatable bonds is 6. The summed E-state index contributed by atoms with van der Waals surface area (Å²) in [6, 6.07) is 12.2. The average Bonchev–Trinajstić information content (AvgIpc) is 2.50. The van der Waals surface area contributed by atoms with Crippen LogP contribution in [0, 0.1) is 6.92 Å². The zero-order valence-corrected chi connectivity index (χ0v) is 13.1. The number of methoxy groups -OCH3 is 1. The Kier molecular flexibility index (Phi) is 5.28. The molecular formula is C17H17ClO4. The van der Waals surface area contributed by atoms with Crippen molar-refractivity contribution in [3.8, 4) is 11.5 Å². The second-order valence-electron chi connectivity index (χ2n) is 4.90. The van der Waals surface area contributed by atoms with Gasteiger partial charge in [-0.05, 0) is 54.4 Å². The van der Waals surface area contributed by atoms with Crippen molar-refractivity contribution in [3.05, 3.63) is 58.6 Å². The molecule has 0 aromatic heterocycles. The Morgan fingerprint density at radius 2 is 1.82 bits per heavy atom. The maximum atomic E-state index is 11.4. The minimum absolute atomic E-state index is 0.244. The van der Waals surface area contributed by atoms with Gasteiger partial charge in [-0.1, -0.05) is 17.7 Å². The van der Waals surface area contributed by atoms with E-state index >= 15 is 0 Å². The van der Waals surface area contributed by atoms with E-state index in [0.717, 1.165) is 11.1 Å². The first-order valence-electron chi connectivity index (χ1n) is 6.78. The number of hydrogen-bond donors (Lipinski definition) is 1. The average molecular weight is 321 g/mol. The fourth-order valence-electron chi connectivity index (χ4n) is 2.06. The van der Waals surface area contributed by atoms with Gasteiger partial charge in [-0.2, -0.15) is 0 Å². The van der Waals surface area contributed by atoms with Gasteiger partial charge >= 0.3 is 5.97 Å². The predicted octanol–water partition coefficient (Wildman–Crippen LogP) is 3.73. The lowest BCUT2D eigenvalue weighted by Gasteiger charge is -2.17. The lowest BCUT2D eigenvalue weighted by molar-refractivity contribution is -0.145. The smallest absolute Gasteiger partial charge is 0.345 e. The van der Waals surface area contributed by atoms with Gasteiger partial charge in [0.1, 0.15) is 11.5 Å². The van der Waals surface area contributed by atoms with Crippen LogP contribution in [0.3, 0.4) is 0 Å². The molecule has 0 saturated heterocycles. The third-order valence-electron chi connectivity index (χ3n) is 3.33. The molecule has 1 atom stereocenters. The van der Waals surface area contributed by atoms with Gasteiger partial charge in [0.25, 0.3) is 0 Å². The van der Waals surface area contributed by atoms with Gasteiger partial charge in [-0.25, -0.2) is 4.79 Å². The van der Waals surface area contributed by atoms with E-state index in [1.54, 1.807) is 43.5 Å². The van der Waals surface area contributed by atoms with Crippen LogP contribution in [0.1, 0.15) is 11.1 Å². The summed E-state index contributed by atoms with van der Waals surface area (Å²) in [5.74, 6) is 0.146. The highest BCUT2D eigenvalue weighted by molar-refractivity contribution is 6.30. The van der Waals surface area contributed by atoms with E-state index in [2.05, 4.69) is 0 Å². The molecule has 0 heterocycles. The summed E-state index contributed by atoms with van der Waals surface area (Å²) in [6.45, 7) is 1.91. The van der Waals surface area contributed by atoms with E-state index in [4.69, 9.17) is 21.1 Å². The van der Waals surface area contributed by atoms with Crippen LogP contribution in [0.5, 0.6) is 11.5 Å². The standard InChI is InChI=1S/C17H17ClO4/c1-11-3-4-13(18)9-12(11)10-16(17(19)20)22-15-7-5-14(21-2)6-8-15/h3-9,16H,10H2,1-2H3,(H,19,20)/t16-/m0/s1. The lowest BCUT2D eigenvalue weighted by atomic mass is 10.0. The highest BCUT2D eigenvalue weighted by Gasteiger charge is 2.21. The van der Waals surface area contributed by atoms with Crippen molar-refractivity contribution < 1.29 is 19.4 Å². The molecule has 2 aromatic rings. The molecule has 0 aliphatic rings. The third-order valence-corrected chi connectivity index (χ3v) is 3.56. The second-order valence-corrected chi connectivity index (χ2v) is 5.33. The normalized spacial score (nSPS) is 11.8. The minimum atomic E-state index is -1.02. The SMILES string of the molecule is COc1ccc(O[C@@H](Cc2cc(Cl)ccc2C)C(=O)O)cc1. The van der Waals surface area contributed by atoms with Crippen LogP contribution in [0.15, 0.2) is 42.5 Å². The molecule has 2 aromatic carbocycles. The van der Waals surface area contributed by atoms with E-state index in [-0.39, 0.29) is 6.42 Å². The summed E-state index contributed by atoms with van der Waals surface area (Å²) in [5, 5.41) is 9.95. The number of ether oxygens (including phenoxy) is 2. The van der Waals surface area contributed by atoms with E-state index in [1.165, 1.54) is 0 Å². The number of carboxylic acids is 1. The fourth-order valence-corrected chi connectivity index (χ4v) is 2.25. The van der Waals surface area contributed by atoms with Gasteiger partial charge in [0, 0.05) is 11.4 Å². The minimum Gasteiger partial charge on any atom is -0.497 e. The van der Waals surface area contributed by atoms with Crippen molar-refractivity contribution in [1.82, 2.24) is 0 Å². The zero-order valence-electron chi connectivity index (χ0n) is 12.4. The van der Waals surface area contributed by atoms with Crippen LogP contribution >= 0.6 is 11.6 Å². The maximum Gasteiger partial charge on any atom is 0.345 e. The van der Waals surface area contributed by atoms with Crippen molar-refractivity contribution in [3.63, 3.8) is 0 Å². The highest BCUT2D eigenvalue weighted by Crippen LogP contribution is 2.21. The molecule has 2 rings (SSSR count). The van der Waals surface area contributed by atoms with E-state index < -0.39 is 12.1 Å². The summed E-state index contributed by atoms with van der Waals surface area (Å²) < 4.78 is 10.6. The first-order valence-corrected chi connectivity index (χ1v) is 7.16. The van der Waals surface area contributed by atoms with Crippen LogP contribution in [-0.4, -0.2) is 24.3 Å². The van der Waals surface area contributed by atoms with Crippen LogP contribution < -0.4 is 9.47 Å². The molecule has 5 heteroatoms. The zero-order chi connectivity index (χ0) is 16.1. The number of carboxylic acid groups (broad SMARTS) is 1. The molecule has 0 amide bonds. The molecule has 0 radical (unpaired) electrons. The number of halogens is 1. The van der Waals surface area contributed by atoms with Crippen molar-refractivity contribution in [1.29, 1.82) is 0 Å². The molecule has 0 spiro atoms. The Balaban J connectivity index is 2.15. The van der Waals surface area contributed by atoms with E-state index in [0.29, 0.717) is 16.5 Å². The molecule has 0 saturated carbocycles. The van der Waals surface area contributed by atoms with Gasteiger partial charge in [0.15, 0.2) is 6.10 Å². The van der Waals surface area contributed by atoms with Crippen molar-refractivity contribution in [2.45, 2.75) is 19.4 Å². The Hall–Kier alpha value is -2.20. The van der Waals surface area contributed by atoms with Crippen LogP contribution in [0.2, 0.25) is 5.02 Å². The van der Waals surface area contributed by atoms with Crippen LogP contribution in [0.25, 0.3) is 0 Å². The summed E-state index contributed by atoms with van der Waals surface area (Å²) in [4.78, 5) is 11.4. The first-order chi connectivity index (χ1) is 10.5. The van der Waals surface area contributed by atoms with Crippen molar-refractivity contribution >= 4 is 17.6 Å². The quantitative estimate of drug-likeness (QED) is 0.881. The van der Waals surface area contributed by atoms with Gasteiger partial charge < -0.3 is 14.6 Å². The summed E-state index contributed by atoms with van der Waals surface area (Å²) in [7, 11) is 1.57. The van der Waals surface area contributed by atoms with Gasteiger partial charge in [0.05, 0.1) is 7.11 Å². The Morgan fingerprint density at radius 1 is 1.18 bits per heavy atom. The highest BCUT2D eigenvalue weighted by atomic mass is 35.5. The summed E-state index contributed by atoms with van der Waals surface area (Å²) >= 11 is 5.97.